The lowest BCUT2D eigenvalue weighted by Crippen LogP contribution is -2.17. The standard InChI is InChI=1S/C15H27N3O2/c1-4-6-13(7-8-19)11-16-15-17-12(3)10-14(18-15)20-9-5-2/h10,13,19H,4-9,11H2,1-3H3,(H,16,17,18). The highest BCUT2D eigenvalue weighted by molar-refractivity contribution is 5.30. The maximum absolute atomic E-state index is 9.07. The summed E-state index contributed by atoms with van der Waals surface area (Å²) in [7, 11) is 0. The second kappa shape index (κ2) is 9.53. The zero-order chi connectivity index (χ0) is 14.8. The first-order chi connectivity index (χ1) is 9.69. The molecule has 5 heteroatoms. The normalized spacial score (nSPS) is 12.2. The van der Waals surface area contributed by atoms with Gasteiger partial charge in [-0.05, 0) is 32.1 Å². The Bertz CT molecular complexity index is 379. The summed E-state index contributed by atoms with van der Waals surface area (Å²) < 4.78 is 5.55. The van der Waals surface area contributed by atoms with Crippen LogP contribution in [-0.4, -0.2) is 34.8 Å². The van der Waals surface area contributed by atoms with Crippen molar-refractivity contribution in [2.24, 2.45) is 5.92 Å². The quantitative estimate of drug-likeness (QED) is 0.690. The first-order valence-electron chi connectivity index (χ1n) is 7.52. The van der Waals surface area contributed by atoms with Crippen molar-refractivity contribution < 1.29 is 9.84 Å². The third kappa shape index (κ3) is 6.19. The average molecular weight is 281 g/mol. The van der Waals surface area contributed by atoms with Gasteiger partial charge in [-0.25, -0.2) is 4.98 Å². The highest BCUT2D eigenvalue weighted by Crippen LogP contribution is 2.15. The smallest absolute Gasteiger partial charge is 0.226 e. The van der Waals surface area contributed by atoms with Crippen LogP contribution in [0.15, 0.2) is 6.07 Å². The van der Waals surface area contributed by atoms with Gasteiger partial charge in [0.1, 0.15) is 0 Å². The molecule has 0 amide bonds. The van der Waals surface area contributed by atoms with E-state index >= 15 is 0 Å². The van der Waals surface area contributed by atoms with E-state index in [4.69, 9.17) is 9.84 Å². The van der Waals surface area contributed by atoms with Crippen LogP contribution >= 0.6 is 0 Å². The van der Waals surface area contributed by atoms with Crippen LogP contribution < -0.4 is 10.1 Å². The van der Waals surface area contributed by atoms with Crippen molar-refractivity contribution in [1.82, 2.24) is 9.97 Å². The summed E-state index contributed by atoms with van der Waals surface area (Å²) in [5.74, 6) is 1.68. The maximum atomic E-state index is 9.07. The van der Waals surface area contributed by atoms with Gasteiger partial charge in [-0.1, -0.05) is 20.3 Å². The molecule has 0 saturated carbocycles. The van der Waals surface area contributed by atoms with Crippen LogP contribution in [0, 0.1) is 12.8 Å². The van der Waals surface area contributed by atoms with Crippen molar-refractivity contribution >= 4 is 5.95 Å². The molecule has 1 aromatic heterocycles. The Kier molecular flexibility index (Phi) is 7.95. The number of hydrogen-bond donors (Lipinski definition) is 2. The molecule has 0 fully saturated rings. The Labute approximate surface area is 121 Å². The molecule has 1 unspecified atom stereocenters. The molecule has 20 heavy (non-hydrogen) atoms. The van der Waals surface area contributed by atoms with E-state index in [1.54, 1.807) is 0 Å². The van der Waals surface area contributed by atoms with E-state index in [1.807, 2.05) is 13.0 Å². The van der Waals surface area contributed by atoms with Crippen LogP contribution in [0.4, 0.5) is 5.95 Å². The first-order valence-corrected chi connectivity index (χ1v) is 7.52. The third-order valence-corrected chi connectivity index (χ3v) is 3.07. The fourth-order valence-corrected chi connectivity index (χ4v) is 2.07. The number of nitrogens with zero attached hydrogens (tertiary/aromatic N) is 2. The SMILES string of the molecule is CCCOc1cc(C)nc(NCC(CCC)CCO)n1. The molecule has 0 aliphatic heterocycles. The first kappa shape index (κ1) is 16.7. The minimum atomic E-state index is 0.228. The lowest BCUT2D eigenvalue weighted by Gasteiger charge is -2.16. The van der Waals surface area contributed by atoms with Crippen LogP contribution in [0.25, 0.3) is 0 Å². The monoisotopic (exact) mass is 281 g/mol. The maximum Gasteiger partial charge on any atom is 0.226 e. The summed E-state index contributed by atoms with van der Waals surface area (Å²) in [4.78, 5) is 8.73. The van der Waals surface area contributed by atoms with E-state index < -0.39 is 0 Å². The van der Waals surface area contributed by atoms with E-state index in [0.717, 1.165) is 37.9 Å². The Morgan fingerprint density at radius 1 is 1.25 bits per heavy atom. The molecule has 1 heterocycles. The Hall–Kier alpha value is -1.36. The van der Waals surface area contributed by atoms with Gasteiger partial charge in [0.25, 0.3) is 0 Å². The zero-order valence-electron chi connectivity index (χ0n) is 12.9. The van der Waals surface area contributed by atoms with Crippen LogP contribution in [0.2, 0.25) is 0 Å². The Morgan fingerprint density at radius 3 is 2.70 bits per heavy atom. The summed E-state index contributed by atoms with van der Waals surface area (Å²) in [5.41, 5.74) is 0.891. The number of ether oxygens (including phenoxy) is 1. The predicted molar refractivity (Wildman–Crippen MR) is 81.1 cm³/mol. The van der Waals surface area contributed by atoms with Crippen LogP contribution in [0.1, 0.15) is 45.2 Å². The van der Waals surface area contributed by atoms with Crippen molar-refractivity contribution in [1.29, 1.82) is 0 Å². The number of nitrogens with one attached hydrogen (secondary N) is 1. The molecule has 0 bridgehead atoms. The van der Waals surface area contributed by atoms with Gasteiger partial charge in [-0.2, -0.15) is 4.98 Å². The van der Waals surface area contributed by atoms with E-state index in [9.17, 15) is 0 Å². The molecule has 1 aromatic rings. The van der Waals surface area contributed by atoms with Gasteiger partial charge in [0.2, 0.25) is 11.8 Å². The van der Waals surface area contributed by atoms with Crippen LogP contribution in [-0.2, 0) is 0 Å². The number of rotatable bonds is 10. The molecule has 2 N–H and O–H groups in total. The second-order valence-electron chi connectivity index (χ2n) is 5.07. The number of aliphatic hydroxyl groups excluding tert-OH is 1. The largest absolute Gasteiger partial charge is 0.478 e. The summed E-state index contributed by atoms with van der Waals surface area (Å²) in [6, 6.07) is 1.85. The molecule has 1 rings (SSSR count). The van der Waals surface area contributed by atoms with Crippen LogP contribution in [0.3, 0.4) is 0 Å². The Balaban J connectivity index is 2.59. The van der Waals surface area contributed by atoms with Crippen molar-refractivity contribution in [3.05, 3.63) is 11.8 Å². The van der Waals surface area contributed by atoms with E-state index in [-0.39, 0.29) is 6.61 Å². The van der Waals surface area contributed by atoms with Crippen molar-refractivity contribution in [3.8, 4) is 5.88 Å². The molecule has 1 atom stereocenters. The average Bonchev–Trinajstić information content (AvgIpc) is 2.42. The number of hydrogen-bond acceptors (Lipinski definition) is 5. The molecule has 5 nitrogen and oxygen atoms in total. The Morgan fingerprint density at radius 2 is 2.05 bits per heavy atom. The van der Waals surface area contributed by atoms with Gasteiger partial charge in [-0.3, -0.25) is 0 Å². The molecule has 0 aliphatic rings. The minimum absolute atomic E-state index is 0.228. The van der Waals surface area contributed by atoms with E-state index in [1.165, 1.54) is 0 Å². The van der Waals surface area contributed by atoms with Gasteiger partial charge in [-0.15, -0.1) is 0 Å². The molecule has 0 aromatic carbocycles. The highest BCUT2D eigenvalue weighted by atomic mass is 16.5. The van der Waals surface area contributed by atoms with Crippen molar-refractivity contribution in [2.75, 3.05) is 25.1 Å². The number of anilines is 1. The second-order valence-corrected chi connectivity index (χ2v) is 5.07. The van der Waals surface area contributed by atoms with Crippen molar-refractivity contribution in [2.45, 2.75) is 46.5 Å². The fourth-order valence-electron chi connectivity index (χ4n) is 2.07. The van der Waals surface area contributed by atoms with Gasteiger partial charge < -0.3 is 15.2 Å². The molecule has 114 valence electrons. The number of aromatic nitrogens is 2. The lowest BCUT2D eigenvalue weighted by atomic mass is 10.0. The third-order valence-electron chi connectivity index (χ3n) is 3.07. The molecular weight excluding hydrogens is 254 g/mol. The predicted octanol–water partition coefficient (Wildman–Crippen LogP) is 2.78. The number of aliphatic hydroxyl groups is 1. The minimum Gasteiger partial charge on any atom is -0.478 e. The topological polar surface area (TPSA) is 67.3 Å². The zero-order valence-corrected chi connectivity index (χ0v) is 12.9. The number of aryl methyl sites for hydroxylation is 1. The fraction of sp³-hybridized carbons (Fsp3) is 0.733. The molecule has 0 aliphatic carbocycles. The van der Waals surface area contributed by atoms with Gasteiger partial charge >= 0.3 is 0 Å². The summed E-state index contributed by atoms with van der Waals surface area (Å²) in [6.45, 7) is 7.83. The lowest BCUT2D eigenvalue weighted by molar-refractivity contribution is 0.255. The van der Waals surface area contributed by atoms with Gasteiger partial charge in [0.05, 0.1) is 6.61 Å². The summed E-state index contributed by atoms with van der Waals surface area (Å²) in [6.07, 6.45) is 3.98. The highest BCUT2D eigenvalue weighted by Gasteiger charge is 2.09. The van der Waals surface area contributed by atoms with Gasteiger partial charge in [0.15, 0.2) is 0 Å². The molecule has 0 spiro atoms. The summed E-state index contributed by atoms with van der Waals surface area (Å²) >= 11 is 0. The molecular formula is C15H27N3O2. The molecule has 0 saturated heterocycles. The van der Waals surface area contributed by atoms with E-state index in [2.05, 4.69) is 29.1 Å². The van der Waals surface area contributed by atoms with E-state index in [0.29, 0.717) is 24.4 Å². The summed E-state index contributed by atoms with van der Waals surface area (Å²) in [5, 5.41) is 12.3. The molecule has 0 radical (unpaired) electrons. The van der Waals surface area contributed by atoms with Gasteiger partial charge in [0, 0.05) is 24.9 Å². The van der Waals surface area contributed by atoms with Crippen molar-refractivity contribution in [3.63, 3.8) is 0 Å². The van der Waals surface area contributed by atoms with Crippen LogP contribution in [0.5, 0.6) is 5.88 Å².